The molecule has 0 bridgehead atoms. The molecule has 3 nitrogen and oxygen atoms in total. The molecule has 0 amide bonds. The number of rotatable bonds is 7. The Balaban J connectivity index is 4.01. The SMILES string of the molecule is CCCCC[C@H](C#N)CC(=O)C(C)(C)O. The third kappa shape index (κ3) is 6.24. The van der Waals surface area contributed by atoms with Crippen molar-refractivity contribution in [2.75, 3.05) is 0 Å². The third-order valence-corrected chi connectivity index (χ3v) is 2.45. The number of aliphatic hydroxyl groups is 1. The molecule has 0 aromatic rings. The molecule has 0 saturated carbocycles. The van der Waals surface area contributed by atoms with E-state index in [1.54, 1.807) is 0 Å². The highest BCUT2D eigenvalue weighted by Crippen LogP contribution is 2.17. The Hall–Kier alpha value is -0.880. The molecular formula is C12H21NO2. The number of Topliss-reactive ketones (excluding diaryl/α,β-unsaturated/α-hetero) is 1. The lowest BCUT2D eigenvalue weighted by molar-refractivity contribution is -0.134. The summed E-state index contributed by atoms with van der Waals surface area (Å²) in [5.41, 5.74) is -1.31. The van der Waals surface area contributed by atoms with Gasteiger partial charge in [-0.05, 0) is 20.3 Å². The van der Waals surface area contributed by atoms with E-state index < -0.39 is 5.60 Å². The summed E-state index contributed by atoms with van der Waals surface area (Å²) >= 11 is 0. The number of ketones is 1. The second-order valence-corrected chi connectivity index (χ2v) is 4.51. The molecule has 1 atom stereocenters. The van der Waals surface area contributed by atoms with E-state index in [-0.39, 0.29) is 18.1 Å². The average molecular weight is 211 g/mol. The summed E-state index contributed by atoms with van der Waals surface area (Å²) < 4.78 is 0. The lowest BCUT2D eigenvalue weighted by Gasteiger charge is -2.17. The highest BCUT2D eigenvalue weighted by Gasteiger charge is 2.26. The van der Waals surface area contributed by atoms with Crippen LogP contribution >= 0.6 is 0 Å². The summed E-state index contributed by atoms with van der Waals surface area (Å²) in [6.45, 7) is 5.04. The highest BCUT2D eigenvalue weighted by atomic mass is 16.3. The molecule has 0 aliphatic heterocycles. The van der Waals surface area contributed by atoms with Gasteiger partial charge in [-0.3, -0.25) is 4.79 Å². The van der Waals surface area contributed by atoms with Gasteiger partial charge < -0.3 is 5.11 Å². The van der Waals surface area contributed by atoms with Crippen molar-refractivity contribution in [2.45, 2.75) is 58.5 Å². The van der Waals surface area contributed by atoms with Crippen LogP contribution in [0.15, 0.2) is 0 Å². The first-order valence-electron chi connectivity index (χ1n) is 5.57. The van der Waals surface area contributed by atoms with E-state index in [2.05, 4.69) is 13.0 Å². The quantitative estimate of drug-likeness (QED) is 0.658. The summed E-state index contributed by atoms with van der Waals surface area (Å²) in [7, 11) is 0. The van der Waals surface area contributed by atoms with Gasteiger partial charge in [-0.1, -0.05) is 26.2 Å². The van der Waals surface area contributed by atoms with Gasteiger partial charge in [-0.25, -0.2) is 0 Å². The predicted octanol–water partition coefficient (Wildman–Crippen LogP) is 2.44. The van der Waals surface area contributed by atoms with Crippen molar-refractivity contribution in [1.82, 2.24) is 0 Å². The number of carbonyl (C=O) groups excluding carboxylic acids is 1. The van der Waals surface area contributed by atoms with E-state index in [1.807, 2.05) is 0 Å². The van der Waals surface area contributed by atoms with Crippen LogP contribution in [-0.4, -0.2) is 16.5 Å². The Labute approximate surface area is 92.1 Å². The number of nitriles is 1. The van der Waals surface area contributed by atoms with Gasteiger partial charge >= 0.3 is 0 Å². The van der Waals surface area contributed by atoms with Crippen LogP contribution in [0.3, 0.4) is 0 Å². The summed E-state index contributed by atoms with van der Waals surface area (Å²) in [6.07, 6.45) is 4.11. The van der Waals surface area contributed by atoms with E-state index in [4.69, 9.17) is 5.26 Å². The largest absolute Gasteiger partial charge is 0.383 e. The van der Waals surface area contributed by atoms with Crippen LogP contribution in [0.5, 0.6) is 0 Å². The Bertz CT molecular complexity index is 235. The Morgan fingerprint density at radius 3 is 2.47 bits per heavy atom. The van der Waals surface area contributed by atoms with Crippen molar-refractivity contribution in [3.8, 4) is 6.07 Å². The Morgan fingerprint density at radius 2 is 2.07 bits per heavy atom. The Kier molecular flexibility index (Phi) is 6.19. The summed E-state index contributed by atoms with van der Waals surface area (Å²) in [5.74, 6) is -0.485. The molecular weight excluding hydrogens is 190 g/mol. The first kappa shape index (κ1) is 14.1. The molecule has 86 valence electrons. The van der Waals surface area contributed by atoms with Crippen molar-refractivity contribution < 1.29 is 9.90 Å². The zero-order valence-corrected chi connectivity index (χ0v) is 9.92. The molecule has 3 heteroatoms. The molecule has 0 aliphatic rings. The van der Waals surface area contributed by atoms with Crippen molar-refractivity contribution in [1.29, 1.82) is 5.26 Å². The number of hydrogen-bond acceptors (Lipinski definition) is 3. The average Bonchev–Trinajstić information content (AvgIpc) is 2.14. The van der Waals surface area contributed by atoms with Crippen LogP contribution in [0, 0.1) is 17.2 Å². The van der Waals surface area contributed by atoms with Gasteiger partial charge in [0.1, 0.15) is 5.60 Å². The van der Waals surface area contributed by atoms with Crippen molar-refractivity contribution in [3.63, 3.8) is 0 Å². The van der Waals surface area contributed by atoms with Gasteiger partial charge in [0, 0.05) is 6.42 Å². The van der Waals surface area contributed by atoms with Crippen LogP contribution in [0.1, 0.15) is 52.9 Å². The maximum Gasteiger partial charge on any atom is 0.165 e. The van der Waals surface area contributed by atoms with Gasteiger partial charge in [-0.2, -0.15) is 5.26 Å². The summed E-state index contributed by atoms with van der Waals surface area (Å²) in [6, 6.07) is 2.13. The molecule has 0 aliphatic carbocycles. The topological polar surface area (TPSA) is 61.1 Å². The molecule has 0 spiro atoms. The molecule has 0 aromatic carbocycles. The van der Waals surface area contributed by atoms with Gasteiger partial charge in [-0.15, -0.1) is 0 Å². The second-order valence-electron chi connectivity index (χ2n) is 4.51. The van der Waals surface area contributed by atoms with E-state index in [1.165, 1.54) is 13.8 Å². The Morgan fingerprint density at radius 1 is 1.47 bits per heavy atom. The number of nitrogens with zero attached hydrogens (tertiary/aromatic N) is 1. The lowest BCUT2D eigenvalue weighted by Crippen LogP contribution is -2.32. The third-order valence-electron chi connectivity index (χ3n) is 2.45. The number of carbonyl (C=O) groups is 1. The van der Waals surface area contributed by atoms with Gasteiger partial charge in [0.15, 0.2) is 5.78 Å². The molecule has 0 unspecified atom stereocenters. The van der Waals surface area contributed by atoms with E-state index in [9.17, 15) is 9.90 Å². The minimum Gasteiger partial charge on any atom is -0.383 e. The van der Waals surface area contributed by atoms with Gasteiger partial charge in [0.2, 0.25) is 0 Å². The van der Waals surface area contributed by atoms with Crippen LogP contribution in [0.25, 0.3) is 0 Å². The highest BCUT2D eigenvalue weighted by molar-refractivity contribution is 5.86. The lowest BCUT2D eigenvalue weighted by atomic mass is 9.91. The molecule has 0 fully saturated rings. The normalized spacial score (nSPS) is 13.3. The zero-order chi connectivity index (χ0) is 11.9. The van der Waals surface area contributed by atoms with Crippen molar-refractivity contribution >= 4 is 5.78 Å². The van der Waals surface area contributed by atoms with Crippen LogP contribution in [0.2, 0.25) is 0 Å². The smallest absolute Gasteiger partial charge is 0.165 e. The molecule has 1 N–H and O–H groups in total. The fraction of sp³-hybridized carbons (Fsp3) is 0.833. The van der Waals surface area contributed by atoms with E-state index >= 15 is 0 Å². The minimum atomic E-state index is -1.31. The number of unbranched alkanes of at least 4 members (excludes halogenated alkanes) is 2. The second kappa shape index (κ2) is 6.58. The first-order valence-corrected chi connectivity index (χ1v) is 5.57. The molecule has 15 heavy (non-hydrogen) atoms. The minimum absolute atomic E-state index is 0.170. The molecule has 0 aromatic heterocycles. The fourth-order valence-corrected chi connectivity index (χ4v) is 1.33. The predicted molar refractivity (Wildman–Crippen MR) is 59.2 cm³/mol. The fourth-order valence-electron chi connectivity index (χ4n) is 1.33. The molecule has 0 radical (unpaired) electrons. The van der Waals surface area contributed by atoms with Gasteiger partial charge in [0.25, 0.3) is 0 Å². The van der Waals surface area contributed by atoms with Crippen LogP contribution in [0.4, 0.5) is 0 Å². The maximum atomic E-state index is 11.5. The number of hydrogen-bond donors (Lipinski definition) is 1. The first-order chi connectivity index (χ1) is 6.91. The standard InChI is InChI=1S/C12H21NO2/c1-4-5-6-7-10(9-13)8-11(14)12(2,3)15/h10,15H,4-8H2,1-3H3/t10-/m0/s1. The van der Waals surface area contributed by atoms with E-state index in [0.29, 0.717) is 0 Å². The monoisotopic (exact) mass is 211 g/mol. The molecule has 0 saturated heterocycles. The van der Waals surface area contributed by atoms with Gasteiger partial charge in [0.05, 0.1) is 12.0 Å². The summed E-state index contributed by atoms with van der Waals surface area (Å²) in [5, 5.41) is 18.3. The van der Waals surface area contributed by atoms with Crippen molar-refractivity contribution in [2.24, 2.45) is 5.92 Å². The van der Waals surface area contributed by atoms with Crippen LogP contribution < -0.4 is 0 Å². The van der Waals surface area contributed by atoms with Crippen molar-refractivity contribution in [3.05, 3.63) is 0 Å². The maximum absolute atomic E-state index is 11.5. The van der Waals surface area contributed by atoms with E-state index in [0.717, 1.165) is 25.7 Å². The molecule has 0 heterocycles. The molecule has 0 rings (SSSR count). The van der Waals surface area contributed by atoms with Crippen LogP contribution in [-0.2, 0) is 4.79 Å². The summed E-state index contributed by atoms with van der Waals surface area (Å²) in [4.78, 5) is 11.5. The zero-order valence-electron chi connectivity index (χ0n) is 9.92.